The first-order valence-corrected chi connectivity index (χ1v) is 13.4. The van der Waals surface area contributed by atoms with E-state index in [1.54, 1.807) is 0 Å². The zero-order valence-electron chi connectivity index (χ0n) is 20.0. The molecule has 6 heteroatoms. The van der Waals surface area contributed by atoms with Crippen LogP contribution in [0.5, 0.6) is 0 Å². The van der Waals surface area contributed by atoms with Gasteiger partial charge in [0.15, 0.2) is 0 Å². The Morgan fingerprint density at radius 3 is 2.44 bits per heavy atom. The molecular weight excluding hydrogens is 420 g/mol. The zero-order valence-corrected chi connectivity index (χ0v) is 20.8. The van der Waals surface area contributed by atoms with Crippen molar-refractivity contribution in [2.45, 2.75) is 77.2 Å². The average Bonchev–Trinajstić information content (AvgIpc) is 3.26. The summed E-state index contributed by atoms with van der Waals surface area (Å²) in [7, 11) is 3.67. The molecule has 1 aliphatic heterocycles. The summed E-state index contributed by atoms with van der Waals surface area (Å²) < 4.78 is 5.18. The van der Waals surface area contributed by atoms with Crippen LogP contribution in [0.25, 0.3) is 5.57 Å². The molecule has 1 saturated carbocycles. The van der Waals surface area contributed by atoms with Crippen LogP contribution in [-0.4, -0.2) is 45.2 Å². The number of quaternary nitrogens is 1. The predicted molar refractivity (Wildman–Crippen MR) is 130 cm³/mol. The fourth-order valence-corrected chi connectivity index (χ4v) is 6.71. The highest BCUT2D eigenvalue weighted by Crippen LogP contribution is 2.41. The van der Waals surface area contributed by atoms with Gasteiger partial charge in [0.05, 0.1) is 32.9 Å². The van der Waals surface area contributed by atoms with E-state index in [2.05, 4.69) is 26.1 Å². The third-order valence-corrected chi connectivity index (χ3v) is 8.91. The topological polar surface area (TPSA) is 51.0 Å². The Morgan fingerprint density at radius 2 is 1.81 bits per heavy atom. The first-order valence-electron chi connectivity index (χ1n) is 12.5. The number of ether oxygens (including phenoxy) is 1. The van der Waals surface area contributed by atoms with Crippen LogP contribution in [0.4, 0.5) is 5.69 Å². The molecule has 1 aromatic heterocycles. The maximum atomic E-state index is 14.0. The largest absolute Gasteiger partial charge is 0.465 e. The van der Waals surface area contributed by atoms with Gasteiger partial charge in [-0.15, -0.1) is 11.3 Å². The number of hydrogen-bond acceptors (Lipinski definition) is 4. The number of hydrogen-bond donors (Lipinski definition) is 1. The van der Waals surface area contributed by atoms with E-state index in [9.17, 15) is 9.59 Å². The molecule has 1 amide bonds. The number of nitrogens with one attached hydrogen (secondary N) is 1. The van der Waals surface area contributed by atoms with Crippen LogP contribution in [0, 0.1) is 11.8 Å². The van der Waals surface area contributed by atoms with Crippen LogP contribution in [0.3, 0.4) is 0 Å². The van der Waals surface area contributed by atoms with E-state index in [1.807, 2.05) is 4.90 Å². The lowest BCUT2D eigenvalue weighted by Gasteiger charge is -2.38. The summed E-state index contributed by atoms with van der Waals surface area (Å²) in [5.74, 6) is 0.687. The van der Waals surface area contributed by atoms with E-state index >= 15 is 0 Å². The van der Waals surface area contributed by atoms with Crippen LogP contribution in [0.1, 0.15) is 85.7 Å². The molecular formula is C26H39N2O3S+. The van der Waals surface area contributed by atoms with E-state index in [-0.39, 0.29) is 23.8 Å². The van der Waals surface area contributed by atoms with Crippen LogP contribution < -0.4 is 9.80 Å². The third-order valence-electron chi connectivity index (χ3n) is 7.73. The highest BCUT2D eigenvalue weighted by atomic mass is 32.1. The molecule has 0 spiro atoms. The summed E-state index contributed by atoms with van der Waals surface area (Å²) in [5.41, 5.74) is 2.13. The summed E-state index contributed by atoms with van der Waals surface area (Å²) >= 11 is 1.51. The Bertz CT molecular complexity index is 845. The van der Waals surface area contributed by atoms with Crippen molar-refractivity contribution in [3.8, 4) is 0 Å². The van der Waals surface area contributed by atoms with E-state index < -0.39 is 0 Å². The fraction of sp³-hybridized carbons (Fsp3) is 0.692. The van der Waals surface area contributed by atoms with Crippen molar-refractivity contribution < 1.29 is 19.2 Å². The summed E-state index contributed by atoms with van der Waals surface area (Å²) in [4.78, 5) is 32.1. The lowest BCUT2D eigenvalue weighted by Crippen LogP contribution is -3.10. The van der Waals surface area contributed by atoms with E-state index in [0.717, 1.165) is 75.0 Å². The molecule has 5 nitrogen and oxygen atoms in total. The minimum atomic E-state index is -0.318. The third kappa shape index (κ3) is 5.12. The fourth-order valence-electron chi connectivity index (χ4n) is 5.57. The molecule has 2 fully saturated rings. The lowest BCUT2D eigenvalue weighted by molar-refractivity contribution is -0.884. The molecule has 0 bridgehead atoms. The van der Waals surface area contributed by atoms with Crippen molar-refractivity contribution in [1.82, 2.24) is 0 Å². The number of likely N-dealkylation sites (tertiary alicyclic amines) is 1. The molecule has 1 N–H and O–H groups in total. The number of carbonyl (C=O) groups is 2. The number of nitrogens with zero attached hydrogens (tertiary/aromatic N) is 1. The monoisotopic (exact) mass is 459 g/mol. The highest BCUT2D eigenvalue weighted by molar-refractivity contribution is 7.15. The molecule has 32 heavy (non-hydrogen) atoms. The SMILES string of the molecule is COC(=O)c1sc(C2=CCCCC2)cc1N(C(=O)C1CCC(C)CC1)C1CC[NH+](C)CC1. The van der Waals surface area contributed by atoms with Crippen LogP contribution >= 0.6 is 11.3 Å². The van der Waals surface area contributed by atoms with Gasteiger partial charge in [0.2, 0.25) is 5.91 Å². The minimum absolute atomic E-state index is 0.0703. The number of esters is 1. The number of rotatable bonds is 5. The average molecular weight is 460 g/mol. The van der Waals surface area contributed by atoms with E-state index in [1.165, 1.54) is 41.8 Å². The van der Waals surface area contributed by atoms with Crippen molar-refractivity contribution >= 4 is 34.5 Å². The minimum Gasteiger partial charge on any atom is -0.465 e. The molecule has 176 valence electrons. The molecule has 2 heterocycles. The molecule has 1 saturated heterocycles. The second-order valence-corrected chi connectivity index (χ2v) is 11.2. The number of piperidine rings is 1. The molecule has 0 radical (unpaired) electrons. The van der Waals surface area contributed by atoms with Gasteiger partial charge in [0, 0.05) is 29.7 Å². The molecule has 0 unspecified atom stereocenters. The normalized spacial score (nSPS) is 28.7. The van der Waals surface area contributed by atoms with Crippen LogP contribution in [0.15, 0.2) is 12.1 Å². The molecule has 4 rings (SSSR count). The number of amides is 1. The van der Waals surface area contributed by atoms with Gasteiger partial charge in [-0.3, -0.25) is 4.79 Å². The zero-order chi connectivity index (χ0) is 22.7. The molecule has 1 aromatic rings. The molecule has 2 aliphatic carbocycles. The summed E-state index contributed by atoms with van der Waals surface area (Å²) in [6, 6.07) is 2.29. The van der Waals surface area contributed by atoms with Gasteiger partial charge in [-0.25, -0.2) is 4.79 Å². The first kappa shape index (κ1) is 23.5. The van der Waals surface area contributed by atoms with Crippen molar-refractivity contribution in [1.29, 1.82) is 0 Å². The Labute approximate surface area is 196 Å². The van der Waals surface area contributed by atoms with E-state index in [0.29, 0.717) is 10.8 Å². The summed E-state index contributed by atoms with van der Waals surface area (Å²) in [5, 5.41) is 0. The standard InChI is InChI=1S/C26H38N2O3S/c1-18-9-11-20(12-10-18)25(29)28(21-13-15-27(2)16-14-21)22-17-23(19-7-5-4-6-8-19)32-24(22)26(30)31-3/h7,17-18,20-21H,4-6,8-16H2,1-3H3/p+1. The number of methoxy groups -OCH3 is 1. The smallest absolute Gasteiger partial charge is 0.350 e. The van der Waals surface area contributed by atoms with E-state index in [4.69, 9.17) is 4.74 Å². The van der Waals surface area contributed by atoms with Crippen molar-refractivity contribution in [2.75, 3.05) is 32.1 Å². The van der Waals surface area contributed by atoms with Crippen molar-refractivity contribution in [3.05, 3.63) is 21.9 Å². The van der Waals surface area contributed by atoms with Gasteiger partial charge in [-0.2, -0.15) is 0 Å². The van der Waals surface area contributed by atoms with Crippen LogP contribution in [0.2, 0.25) is 0 Å². The number of thiophene rings is 1. The maximum absolute atomic E-state index is 14.0. The van der Waals surface area contributed by atoms with Gasteiger partial charge >= 0.3 is 5.97 Å². The van der Waals surface area contributed by atoms with Gasteiger partial charge in [-0.1, -0.05) is 13.0 Å². The Kier molecular flexibility index (Phi) is 7.72. The summed E-state index contributed by atoms with van der Waals surface area (Å²) in [6.45, 7) is 4.41. The Balaban J connectivity index is 1.72. The van der Waals surface area contributed by atoms with Crippen molar-refractivity contribution in [2.24, 2.45) is 11.8 Å². The van der Waals surface area contributed by atoms with Gasteiger partial charge in [-0.05, 0) is 68.9 Å². The second-order valence-electron chi connectivity index (χ2n) is 10.1. The molecule has 0 aromatic carbocycles. The van der Waals surface area contributed by atoms with Crippen LogP contribution in [-0.2, 0) is 9.53 Å². The molecule has 3 aliphatic rings. The lowest BCUT2D eigenvalue weighted by atomic mass is 9.82. The highest BCUT2D eigenvalue weighted by Gasteiger charge is 2.38. The summed E-state index contributed by atoms with van der Waals surface area (Å²) in [6.07, 6.45) is 13.0. The maximum Gasteiger partial charge on any atom is 0.350 e. The second kappa shape index (κ2) is 10.5. The Hall–Kier alpha value is -1.66. The van der Waals surface area contributed by atoms with Crippen molar-refractivity contribution in [3.63, 3.8) is 0 Å². The van der Waals surface area contributed by atoms with Gasteiger partial charge in [0.1, 0.15) is 4.88 Å². The first-order chi connectivity index (χ1) is 15.5. The van der Waals surface area contributed by atoms with Gasteiger partial charge in [0.25, 0.3) is 0 Å². The predicted octanol–water partition coefficient (Wildman–Crippen LogP) is 4.33. The Morgan fingerprint density at radius 1 is 1.09 bits per heavy atom. The number of allylic oxidation sites excluding steroid dienone is 2. The number of anilines is 1. The quantitative estimate of drug-likeness (QED) is 0.667. The molecule has 0 atom stereocenters. The number of carbonyl (C=O) groups excluding carboxylic acids is 2. The van der Waals surface area contributed by atoms with Gasteiger partial charge < -0.3 is 14.5 Å².